The van der Waals surface area contributed by atoms with Crippen molar-refractivity contribution >= 4 is 33.4 Å². The number of hydrogen-bond acceptors (Lipinski definition) is 1. The predicted octanol–water partition coefficient (Wildman–Crippen LogP) is 4.80. The molecule has 1 atom stereocenters. The molecule has 1 amide bonds. The first-order valence-electron chi connectivity index (χ1n) is 6.66. The molecule has 1 fully saturated rings. The van der Waals surface area contributed by atoms with Crippen molar-refractivity contribution < 1.29 is 4.79 Å². The van der Waals surface area contributed by atoms with E-state index >= 15 is 0 Å². The Bertz CT molecular complexity index is 487. The van der Waals surface area contributed by atoms with Crippen LogP contribution in [0.4, 0.5) is 0 Å². The maximum atomic E-state index is 12.3. The number of hydrogen-bond donors (Lipinski definition) is 1. The third-order valence-electron chi connectivity index (χ3n) is 3.99. The molecule has 0 bridgehead atoms. The summed E-state index contributed by atoms with van der Waals surface area (Å²) >= 11 is 9.36. The van der Waals surface area contributed by atoms with Gasteiger partial charge in [0.1, 0.15) is 0 Å². The van der Waals surface area contributed by atoms with Gasteiger partial charge in [-0.25, -0.2) is 0 Å². The van der Waals surface area contributed by atoms with E-state index in [4.69, 9.17) is 11.6 Å². The lowest BCUT2D eigenvalue weighted by Crippen LogP contribution is -2.46. The van der Waals surface area contributed by atoms with Crippen molar-refractivity contribution in [3.8, 4) is 0 Å². The first-order valence-corrected chi connectivity index (χ1v) is 7.83. The summed E-state index contributed by atoms with van der Waals surface area (Å²) in [6, 6.07) is 5.55. The molecule has 1 aliphatic carbocycles. The van der Waals surface area contributed by atoms with Gasteiger partial charge in [-0.3, -0.25) is 4.79 Å². The van der Waals surface area contributed by atoms with Crippen molar-refractivity contribution in [2.45, 2.75) is 45.6 Å². The molecule has 0 aromatic heterocycles. The summed E-state index contributed by atoms with van der Waals surface area (Å²) in [4.78, 5) is 12.3. The van der Waals surface area contributed by atoms with Gasteiger partial charge in [0.25, 0.3) is 5.91 Å². The summed E-state index contributed by atoms with van der Waals surface area (Å²) in [5.74, 6) is -0.0330. The molecule has 4 heteroatoms. The van der Waals surface area contributed by atoms with Gasteiger partial charge in [0.05, 0.1) is 5.02 Å². The predicted molar refractivity (Wildman–Crippen MR) is 82.7 cm³/mol. The van der Waals surface area contributed by atoms with E-state index in [1.807, 2.05) is 6.07 Å². The summed E-state index contributed by atoms with van der Waals surface area (Å²) in [5, 5.41) is 3.72. The molecule has 2 rings (SSSR count). The molecule has 0 spiro atoms. The molecule has 2 nitrogen and oxygen atoms in total. The molecule has 104 valence electrons. The Labute approximate surface area is 128 Å². The van der Waals surface area contributed by atoms with Crippen LogP contribution >= 0.6 is 27.5 Å². The fourth-order valence-corrected chi connectivity index (χ4v) is 3.07. The average molecular weight is 345 g/mol. The van der Waals surface area contributed by atoms with E-state index in [0.29, 0.717) is 10.6 Å². The van der Waals surface area contributed by atoms with Crippen molar-refractivity contribution in [2.24, 2.45) is 5.41 Å². The van der Waals surface area contributed by atoms with Crippen LogP contribution in [-0.2, 0) is 0 Å². The van der Waals surface area contributed by atoms with E-state index in [0.717, 1.165) is 10.9 Å². The Morgan fingerprint density at radius 3 is 2.79 bits per heavy atom. The van der Waals surface area contributed by atoms with Crippen LogP contribution in [0.5, 0.6) is 0 Å². The van der Waals surface area contributed by atoms with Crippen LogP contribution in [0.1, 0.15) is 49.9 Å². The molecule has 19 heavy (non-hydrogen) atoms. The number of carbonyl (C=O) groups is 1. The van der Waals surface area contributed by atoms with E-state index in [9.17, 15) is 4.79 Å². The second-order valence-corrected chi connectivity index (χ2v) is 7.15. The second kappa shape index (κ2) is 5.84. The Morgan fingerprint density at radius 1 is 1.42 bits per heavy atom. The Morgan fingerprint density at radius 2 is 2.16 bits per heavy atom. The minimum atomic E-state index is -0.0330. The highest BCUT2D eigenvalue weighted by Gasteiger charge is 2.33. The molecule has 0 aliphatic heterocycles. The standard InChI is InChI=1S/C15H19BrClNO/c1-15(2)8-4-3-5-13(15)18-14(19)10-6-7-11(16)12(17)9-10/h6-7,9,13H,3-5,8H2,1-2H3,(H,18,19). The molecular formula is C15H19BrClNO. The van der Waals surface area contributed by atoms with Gasteiger partial charge >= 0.3 is 0 Å². The fraction of sp³-hybridized carbons (Fsp3) is 0.533. The third kappa shape index (κ3) is 3.51. The van der Waals surface area contributed by atoms with Gasteiger partial charge in [-0.15, -0.1) is 0 Å². The van der Waals surface area contributed by atoms with E-state index in [-0.39, 0.29) is 17.4 Å². The van der Waals surface area contributed by atoms with Crippen LogP contribution in [0.3, 0.4) is 0 Å². The Balaban J connectivity index is 2.10. The number of carbonyl (C=O) groups excluding carboxylic acids is 1. The number of halogens is 2. The van der Waals surface area contributed by atoms with Crippen LogP contribution in [0.25, 0.3) is 0 Å². The van der Waals surface area contributed by atoms with Crippen molar-refractivity contribution in [3.63, 3.8) is 0 Å². The van der Waals surface area contributed by atoms with Gasteiger partial charge < -0.3 is 5.32 Å². The molecule has 1 aromatic rings. The lowest BCUT2D eigenvalue weighted by Gasteiger charge is -2.39. The van der Waals surface area contributed by atoms with Crippen LogP contribution in [0.15, 0.2) is 22.7 Å². The smallest absolute Gasteiger partial charge is 0.251 e. The van der Waals surface area contributed by atoms with Crippen LogP contribution in [0, 0.1) is 5.41 Å². The molecule has 1 aromatic carbocycles. The summed E-state index contributed by atoms with van der Waals surface area (Å²) in [7, 11) is 0. The lowest BCUT2D eigenvalue weighted by atomic mass is 9.73. The molecule has 1 N–H and O–H groups in total. The van der Waals surface area contributed by atoms with E-state index < -0.39 is 0 Å². The van der Waals surface area contributed by atoms with E-state index in [1.54, 1.807) is 12.1 Å². The average Bonchev–Trinajstić information content (AvgIpc) is 2.35. The largest absolute Gasteiger partial charge is 0.349 e. The zero-order valence-corrected chi connectivity index (χ0v) is 13.6. The number of benzene rings is 1. The zero-order chi connectivity index (χ0) is 14.0. The highest BCUT2D eigenvalue weighted by Crippen LogP contribution is 2.35. The molecule has 1 saturated carbocycles. The monoisotopic (exact) mass is 343 g/mol. The summed E-state index contributed by atoms with van der Waals surface area (Å²) in [6.45, 7) is 4.46. The van der Waals surface area contributed by atoms with Crippen LogP contribution in [0.2, 0.25) is 5.02 Å². The quantitative estimate of drug-likeness (QED) is 0.820. The molecule has 1 unspecified atom stereocenters. The Hall–Kier alpha value is -0.540. The molecule has 1 aliphatic rings. The minimum Gasteiger partial charge on any atom is -0.349 e. The normalized spacial score (nSPS) is 22.0. The maximum absolute atomic E-state index is 12.3. The second-order valence-electron chi connectivity index (χ2n) is 5.89. The van der Waals surface area contributed by atoms with Gasteiger partial charge in [0, 0.05) is 16.1 Å². The topological polar surface area (TPSA) is 29.1 Å². The van der Waals surface area contributed by atoms with Gasteiger partial charge in [-0.05, 0) is 52.4 Å². The highest BCUT2D eigenvalue weighted by atomic mass is 79.9. The van der Waals surface area contributed by atoms with Gasteiger partial charge in [0.2, 0.25) is 0 Å². The van der Waals surface area contributed by atoms with E-state index in [1.165, 1.54) is 19.3 Å². The van der Waals surface area contributed by atoms with Gasteiger partial charge in [-0.1, -0.05) is 38.3 Å². The maximum Gasteiger partial charge on any atom is 0.251 e. The van der Waals surface area contributed by atoms with E-state index in [2.05, 4.69) is 35.1 Å². The minimum absolute atomic E-state index is 0.0330. The Kier molecular flexibility index (Phi) is 4.57. The number of amides is 1. The van der Waals surface area contributed by atoms with Crippen molar-refractivity contribution in [1.29, 1.82) is 0 Å². The third-order valence-corrected chi connectivity index (χ3v) is 5.23. The highest BCUT2D eigenvalue weighted by molar-refractivity contribution is 9.10. The summed E-state index contributed by atoms with van der Waals surface area (Å²) in [5.41, 5.74) is 0.794. The van der Waals surface area contributed by atoms with Crippen LogP contribution in [-0.4, -0.2) is 11.9 Å². The molecule has 0 saturated heterocycles. The van der Waals surface area contributed by atoms with Crippen molar-refractivity contribution in [2.75, 3.05) is 0 Å². The van der Waals surface area contributed by atoms with Crippen molar-refractivity contribution in [1.82, 2.24) is 5.32 Å². The fourth-order valence-electron chi connectivity index (χ4n) is 2.64. The zero-order valence-electron chi connectivity index (χ0n) is 11.3. The number of nitrogens with one attached hydrogen (secondary N) is 1. The SMILES string of the molecule is CC1(C)CCCCC1NC(=O)c1ccc(Br)c(Cl)c1. The first kappa shape index (κ1) is 14.9. The summed E-state index contributed by atoms with van der Waals surface area (Å²) < 4.78 is 0.809. The van der Waals surface area contributed by atoms with Gasteiger partial charge in [0.15, 0.2) is 0 Å². The molecular weight excluding hydrogens is 326 g/mol. The molecule has 0 radical (unpaired) electrons. The molecule has 0 heterocycles. The number of rotatable bonds is 2. The summed E-state index contributed by atoms with van der Waals surface area (Å²) in [6.07, 6.45) is 4.67. The first-order chi connectivity index (χ1) is 8.90. The van der Waals surface area contributed by atoms with Crippen molar-refractivity contribution in [3.05, 3.63) is 33.3 Å². The van der Waals surface area contributed by atoms with Crippen LogP contribution < -0.4 is 5.32 Å². The van der Waals surface area contributed by atoms with Gasteiger partial charge in [-0.2, -0.15) is 0 Å². The lowest BCUT2D eigenvalue weighted by molar-refractivity contribution is 0.0853.